The maximum atomic E-state index is 10.7. The van der Waals surface area contributed by atoms with Gasteiger partial charge in [0, 0.05) is 11.1 Å². The Hall–Kier alpha value is -1.22. The molecule has 1 rings (SSSR count). The van der Waals surface area contributed by atoms with Crippen LogP contribution in [0.15, 0.2) is 12.1 Å². The molecule has 0 fully saturated rings. The van der Waals surface area contributed by atoms with Crippen molar-refractivity contribution >= 4 is 0 Å². The fourth-order valence-electron chi connectivity index (χ4n) is 2.18. The molecule has 126 valence electrons. The molecular formula is C19H32O3. The summed E-state index contributed by atoms with van der Waals surface area (Å²) in [5.41, 5.74) is 1.31. The van der Waals surface area contributed by atoms with Crippen molar-refractivity contribution in [3.63, 3.8) is 0 Å². The second kappa shape index (κ2) is 6.11. The Labute approximate surface area is 135 Å². The van der Waals surface area contributed by atoms with Gasteiger partial charge in [-0.25, -0.2) is 0 Å². The quantitative estimate of drug-likeness (QED) is 0.786. The maximum absolute atomic E-state index is 10.7. The molecule has 3 heteroatoms. The molecule has 0 aliphatic carbocycles. The van der Waals surface area contributed by atoms with E-state index in [-0.39, 0.29) is 29.0 Å². The van der Waals surface area contributed by atoms with E-state index in [9.17, 15) is 5.11 Å². The van der Waals surface area contributed by atoms with Crippen molar-refractivity contribution < 1.29 is 14.6 Å². The van der Waals surface area contributed by atoms with Crippen molar-refractivity contribution in [3.8, 4) is 11.5 Å². The van der Waals surface area contributed by atoms with Gasteiger partial charge in [-0.3, -0.25) is 0 Å². The summed E-state index contributed by atoms with van der Waals surface area (Å²) in [6.07, 6.45) is 0. The first-order chi connectivity index (χ1) is 9.73. The molecule has 0 saturated heterocycles. The Kier molecular flexibility index (Phi) is 5.23. The zero-order valence-corrected chi connectivity index (χ0v) is 15.6. The van der Waals surface area contributed by atoms with E-state index in [1.54, 1.807) is 0 Å². The lowest BCUT2D eigenvalue weighted by atomic mass is 9.81. The first-order valence-electron chi connectivity index (χ1n) is 7.87. The third kappa shape index (κ3) is 4.91. The van der Waals surface area contributed by atoms with E-state index >= 15 is 0 Å². The summed E-state index contributed by atoms with van der Waals surface area (Å²) < 4.78 is 11.5. The Bertz CT molecular complexity index is 511. The van der Waals surface area contributed by atoms with E-state index < -0.39 is 0 Å². The smallest absolute Gasteiger partial charge is 0.189 e. The third-order valence-corrected chi connectivity index (χ3v) is 3.44. The van der Waals surface area contributed by atoms with E-state index in [0.717, 1.165) is 11.1 Å². The van der Waals surface area contributed by atoms with Gasteiger partial charge in [0.1, 0.15) is 0 Å². The molecule has 0 aliphatic rings. The molecule has 0 aliphatic heterocycles. The second-order valence-electron chi connectivity index (χ2n) is 8.86. The number of rotatable bonds is 3. The standard InChI is InChI=1S/C19H32O3/c1-17(2,3)13-10-11-14(18(4,5)6)16(15(13)20)21-12-22-19(7,8)9/h10-11,20H,12H2,1-9H3. The minimum Gasteiger partial charge on any atom is -0.504 e. The first kappa shape index (κ1) is 18.8. The molecule has 0 radical (unpaired) electrons. The van der Waals surface area contributed by atoms with Crippen molar-refractivity contribution in [2.45, 2.75) is 78.7 Å². The lowest BCUT2D eigenvalue weighted by molar-refractivity contribution is -0.0770. The molecule has 0 heterocycles. The molecule has 0 saturated carbocycles. The van der Waals surface area contributed by atoms with E-state index in [1.165, 1.54) is 0 Å². The summed E-state index contributed by atoms with van der Waals surface area (Å²) in [7, 11) is 0. The van der Waals surface area contributed by atoms with Crippen LogP contribution in [0.1, 0.15) is 73.4 Å². The zero-order chi connectivity index (χ0) is 17.3. The van der Waals surface area contributed by atoms with Gasteiger partial charge >= 0.3 is 0 Å². The molecule has 0 spiro atoms. The minimum absolute atomic E-state index is 0.119. The number of benzene rings is 1. The summed E-state index contributed by atoms with van der Waals surface area (Å²) in [6, 6.07) is 4.04. The number of phenolic OH excluding ortho intramolecular Hbond substituents is 1. The van der Waals surface area contributed by atoms with Crippen LogP contribution in [0, 0.1) is 0 Å². The third-order valence-electron chi connectivity index (χ3n) is 3.44. The number of hydrogen-bond acceptors (Lipinski definition) is 3. The Morgan fingerprint density at radius 2 is 1.27 bits per heavy atom. The largest absolute Gasteiger partial charge is 0.504 e. The maximum Gasteiger partial charge on any atom is 0.189 e. The topological polar surface area (TPSA) is 38.7 Å². The van der Waals surface area contributed by atoms with Crippen LogP contribution in [-0.4, -0.2) is 17.5 Å². The van der Waals surface area contributed by atoms with Gasteiger partial charge in [0.05, 0.1) is 5.60 Å². The normalized spacial score (nSPS) is 13.3. The van der Waals surface area contributed by atoms with Crippen molar-refractivity contribution in [2.24, 2.45) is 0 Å². The molecule has 1 aromatic rings. The van der Waals surface area contributed by atoms with E-state index in [1.807, 2.05) is 32.9 Å². The Morgan fingerprint density at radius 3 is 1.68 bits per heavy atom. The average molecular weight is 308 g/mol. The SMILES string of the molecule is CC(C)(C)OCOc1c(C(C)(C)C)ccc(C(C)(C)C)c1O. The van der Waals surface area contributed by atoms with Gasteiger partial charge < -0.3 is 14.6 Å². The van der Waals surface area contributed by atoms with Crippen LogP contribution in [0.4, 0.5) is 0 Å². The summed E-state index contributed by atoms with van der Waals surface area (Å²) >= 11 is 0. The van der Waals surface area contributed by atoms with Crippen LogP contribution >= 0.6 is 0 Å². The van der Waals surface area contributed by atoms with Crippen LogP contribution in [-0.2, 0) is 15.6 Å². The van der Waals surface area contributed by atoms with E-state index in [4.69, 9.17) is 9.47 Å². The van der Waals surface area contributed by atoms with Gasteiger partial charge in [-0.15, -0.1) is 0 Å². The molecule has 0 bridgehead atoms. The van der Waals surface area contributed by atoms with E-state index in [0.29, 0.717) is 5.75 Å². The highest BCUT2D eigenvalue weighted by Gasteiger charge is 2.27. The predicted octanol–water partition coefficient (Wildman–Crippen LogP) is 5.14. The fraction of sp³-hybridized carbons (Fsp3) is 0.684. The number of ether oxygens (including phenoxy) is 2. The fourth-order valence-corrected chi connectivity index (χ4v) is 2.18. The van der Waals surface area contributed by atoms with Gasteiger partial charge in [-0.2, -0.15) is 0 Å². The van der Waals surface area contributed by atoms with E-state index in [2.05, 4.69) is 41.5 Å². The predicted molar refractivity (Wildman–Crippen MR) is 91.8 cm³/mol. The molecule has 0 amide bonds. The summed E-state index contributed by atoms with van der Waals surface area (Å²) in [5, 5.41) is 10.7. The molecule has 1 N–H and O–H groups in total. The zero-order valence-electron chi connectivity index (χ0n) is 15.6. The summed E-state index contributed by atoms with van der Waals surface area (Å²) in [5.74, 6) is 0.751. The molecular weight excluding hydrogens is 276 g/mol. The molecule has 0 aromatic heterocycles. The van der Waals surface area contributed by atoms with Gasteiger partial charge in [0.2, 0.25) is 0 Å². The average Bonchev–Trinajstić information content (AvgIpc) is 2.26. The molecule has 1 aromatic carbocycles. The van der Waals surface area contributed by atoms with Gasteiger partial charge in [0.25, 0.3) is 0 Å². The van der Waals surface area contributed by atoms with Crippen molar-refractivity contribution in [1.29, 1.82) is 0 Å². The number of aromatic hydroxyl groups is 1. The van der Waals surface area contributed by atoms with Crippen LogP contribution < -0.4 is 4.74 Å². The van der Waals surface area contributed by atoms with Crippen LogP contribution in [0.5, 0.6) is 11.5 Å². The molecule has 3 nitrogen and oxygen atoms in total. The molecule has 0 atom stereocenters. The summed E-state index contributed by atoms with van der Waals surface area (Å²) in [4.78, 5) is 0. The van der Waals surface area contributed by atoms with Crippen molar-refractivity contribution in [3.05, 3.63) is 23.3 Å². The number of phenols is 1. The van der Waals surface area contributed by atoms with Crippen molar-refractivity contribution in [2.75, 3.05) is 6.79 Å². The Balaban J connectivity index is 3.24. The van der Waals surface area contributed by atoms with Gasteiger partial charge in [-0.1, -0.05) is 53.7 Å². The lowest BCUT2D eigenvalue weighted by Gasteiger charge is -2.28. The highest BCUT2D eigenvalue weighted by atomic mass is 16.7. The molecule has 22 heavy (non-hydrogen) atoms. The summed E-state index contributed by atoms with van der Waals surface area (Å²) in [6.45, 7) is 18.6. The first-order valence-corrected chi connectivity index (χ1v) is 7.87. The molecule has 0 unspecified atom stereocenters. The highest BCUT2D eigenvalue weighted by molar-refractivity contribution is 5.55. The number of hydrogen-bond donors (Lipinski definition) is 1. The van der Waals surface area contributed by atoms with Gasteiger partial charge in [0.15, 0.2) is 18.3 Å². The minimum atomic E-state index is -0.279. The van der Waals surface area contributed by atoms with Gasteiger partial charge in [-0.05, 0) is 31.6 Å². The monoisotopic (exact) mass is 308 g/mol. The lowest BCUT2D eigenvalue weighted by Crippen LogP contribution is -2.23. The van der Waals surface area contributed by atoms with Crippen LogP contribution in [0.25, 0.3) is 0 Å². The van der Waals surface area contributed by atoms with Crippen molar-refractivity contribution in [1.82, 2.24) is 0 Å². The Morgan fingerprint density at radius 1 is 0.818 bits per heavy atom. The highest BCUT2D eigenvalue weighted by Crippen LogP contribution is 2.44. The van der Waals surface area contributed by atoms with Crippen LogP contribution in [0.3, 0.4) is 0 Å². The van der Waals surface area contributed by atoms with Crippen LogP contribution in [0.2, 0.25) is 0 Å². The second-order valence-corrected chi connectivity index (χ2v) is 8.86.